The van der Waals surface area contributed by atoms with E-state index in [1.807, 2.05) is 0 Å². The Bertz CT molecular complexity index is 1750. The summed E-state index contributed by atoms with van der Waals surface area (Å²) >= 11 is 0. The molecular weight excluding hydrogens is 1020 g/mol. The molecule has 0 saturated carbocycles. The third kappa shape index (κ3) is 68.2. The Kier molecular flexibility index (Phi) is 66.3. The molecule has 1 unspecified atom stereocenters. The molecule has 0 aliphatic carbocycles. The van der Waals surface area contributed by atoms with Gasteiger partial charge in [0.15, 0.2) is 6.10 Å². The molecule has 0 N–H and O–H groups in total. The van der Waals surface area contributed by atoms with Gasteiger partial charge in [-0.25, -0.2) is 0 Å². The van der Waals surface area contributed by atoms with Gasteiger partial charge >= 0.3 is 17.9 Å². The summed E-state index contributed by atoms with van der Waals surface area (Å²) < 4.78 is 16.9. The van der Waals surface area contributed by atoms with Crippen molar-refractivity contribution in [3.63, 3.8) is 0 Å². The number of ether oxygens (including phenoxy) is 3. The largest absolute Gasteiger partial charge is 0.462 e. The number of carbonyl (C=O) groups is 3. The van der Waals surface area contributed by atoms with Crippen LogP contribution in [0, 0.1) is 0 Å². The molecule has 0 heterocycles. The summed E-state index contributed by atoms with van der Waals surface area (Å²) in [7, 11) is 0. The van der Waals surface area contributed by atoms with Gasteiger partial charge in [-0.2, -0.15) is 0 Å². The summed E-state index contributed by atoms with van der Waals surface area (Å²) in [6, 6.07) is 0. The van der Waals surface area contributed by atoms with E-state index < -0.39 is 6.10 Å². The van der Waals surface area contributed by atoms with Crippen LogP contribution in [0.1, 0.15) is 316 Å². The van der Waals surface area contributed by atoms with Gasteiger partial charge in [0.2, 0.25) is 0 Å². The average Bonchev–Trinajstić information content (AvgIpc) is 3.49. The summed E-state index contributed by atoms with van der Waals surface area (Å²) in [5.41, 5.74) is 0. The lowest BCUT2D eigenvalue weighted by atomic mass is 10.0. The Morgan fingerprint density at radius 3 is 0.759 bits per heavy atom. The van der Waals surface area contributed by atoms with Crippen LogP contribution in [-0.4, -0.2) is 37.2 Å². The van der Waals surface area contributed by atoms with Crippen LogP contribution < -0.4 is 0 Å². The third-order valence-corrected chi connectivity index (χ3v) is 14.6. The van der Waals surface area contributed by atoms with Crippen LogP contribution in [0.25, 0.3) is 0 Å². The molecule has 6 nitrogen and oxygen atoms in total. The first-order valence-corrected chi connectivity index (χ1v) is 34.7. The zero-order valence-corrected chi connectivity index (χ0v) is 54.2. The van der Waals surface area contributed by atoms with Crippen molar-refractivity contribution < 1.29 is 28.6 Å². The van der Waals surface area contributed by atoms with Crippen LogP contribution in [0.2, 0.25) is 0 Å². The maximum absolute atomic E-state index is 12.9. The number of hydrogen-bond donors (Lipinski definition) is 0. The summed E-state index contributed by atoms with van der Waals surface area (Å²) in [5, 5.41) is 0. The van der Waals surface area contributed by atoms with Crippen molar-refractivity contribution >= 4 is 17.9 Å². The van der Waals surface area contributed by atoms with E-state index in [1.54, 1.807) is 0 Å². The number of allylic oxidation sites excluding steroid dienone is 22. The molecule has 1 atom stereocenters. The second-order valence-corrected chi connectivity index (χ2v) is 22.7. The number of esters is 3. The van der Waals surface area contributed by atoms with Gasteiger partial charge in [-0.3, -0.25) is 14.4 Å². The van der Waals surface area contributed by atoms with Gasteiger partial charge < -0.3 is 14.2 Å². The predicted octanol–water partition coefficient (Wildman–Crippen LogP) is 24.1. The minimum Gasteiger partial charge on any atom is -0.462 e. The third-order valence-electron chi connectivity index (χ3n) is 14.6. The first-order valence-electron chi connectivity index (χ1n) is 34.7. The molecule has 0 aliphatic rings. The average molecular weight is 1150 g/mol. The molecule has 0 spiro atoms. The van der Waals surface area contributed by atoms with Crippen LogP contribution in [0.4, 0.5) is 0 Å². The number of hydrogen-bond acceptors (Lipinski definition) is 6. The first kappa shape index (κ1) is 78.5. The Hall–Kier alpha value is -4.45. The van der Waals surface area contributed by atoms with Crippen molar-refractivity contribution in [2.75, 3.05) is 13.2 Å². The van der Waals surface area contributed by atoms with Gasteiger partial charge in [0, 0.05) is 19.3 Å². The highest BCUT2D eigenvalue weighted by Crippen LogP contribution is 2.16. The fraction of sp³-hybridized carbons (Fsp3) is 0.675. The molecule has 0 aliphatic heterocycles. The van der Waals surface area contributed by atoms with E-state index in [1.165, 1.54) is 135 Å². The summed E-state index contributed by atoms with van der Waals surface area (Å²) in [4.78, 5) is 38.4. The van der Waals surface area contributed by atoms with E-state index in [0.717, 1.165) is 141 Å². The van der Waals surface area contributed by atoms with Gasteiger partial charge in [-0.05, 0) is 122 Å². The van der Waals surface area contributed by atoms with Gasteiger partial charge in [0.25, 0.3) is 0 Å². The molecule has 6 heteroatoms. The van der Waals surface area contributed by atoms with Crippen LogP contribution in [0.5, 0.6) is 0 Å². The smallest absolute Gasteiger partial charge is 0.306 e. The molecular formula is C77H128O6. The highest BCUT2D eigenvalue weighted by atomic mass is 16.6. The Morgan fingerprint density at radius 1 is 0.253 bits per heavy atom. The fourth-order valence-electron chi connectivity index (χ4n) is 9.47. The molecule has 0 amide bonds. The van der Waals surface area contributed by atoms with E-state index in [0.29, 0.717) is 19.3 Å². The summed E-state index contributed by atoms with van der Waals surface area (Å²) in [5.74, 6) is -0.899. The van der Waals surface area contributed by atoms with E-state index in [-0.39, 0.29) is 31.1 Å². The van der Waals surface area contributed by atoms with Crippen molar-refractivity contribution in [2.45, 2.75) is 322 Å². The molecule has 0 aromatic heterocycles. The zero-order chi connectivity index (χ0) is 59.9. The normalized spacial score (nSPS) is 13.0. The summed E-state index contributed by atoms with van der Waals surface area (Å²) in [6.07, 6.45) is 98.9. The predicted molar refractivity (Wildman–Crippen MR) is 362 cm³/mol. The SMILES string of the molecule is CC/C=C\C/C=C\C/C=C\C/C=C\C/C=C\C/C=C\C/C=C\C/C=C\CCCCCCCCCCC(=O)OCC(COC(=O)CCCCCCCCCCCCCCC)OC(=O)CCCCCCCC/C=C\C/C=C\C/C=C\CCCCC. The standard InChI is InChI=1S/C77H128O6/c1-4-7-10-13-16-19-22-25-27-29-31-32-33-34-35-36-37-38-39-40-41-42-43-44-46-47-49-52-55-58-61-64-67-70-76(79)82-73-74(72-81-75(78)69-66-63-60-57-54-51-24-21-18-15-12-9-6-3)83-77(80)71-68-65-62-59-56-53-50-48-45-30-28-26-23-20-17-14-11-8-5-2/h7,10,16-17,19-20,25-28,31-32,34-35,37-38,40-41,43-45,48,74H,4-6,8-9,11-15,18,21-24,29-30,33,36,39,42,46-47,49-73H2,1-3H3/b10-7-,19-16-,20-17-,27-25-,28-26-,32-31-,35-34-,38-37-,41-40-,44-43-,48-45-. The maximum Gasteiger partial charge on any atom is 0.306 e. The topological polar surface area (TPSA) is 78.9 Å². The minimum absolute atomic E-state index is 0.0858. The monoisotopic (exact) mass is 1150 g/mol. The highest BCUT2D eigenvalue weighted by molar-refractivity contribution is 5.71. The lowest BCUT2D eigenvalue weighted by Gasteiger charge is -2.18. The zero-order valence-electron chi connectivity index (χ0n) is 54.2. The van der Waals surface area contributed by atoms with Crippen LogP contribution in [-0.2, 0) is 28.6 Å². The molecule has 472 valence electrons. The van der Waals surface area contributed by atoms with Gasteiger partial charge in [-0.15, -0.1) is 0 Å². The molecule has 0 aromatic carbocycles. The van der Waals surface area contributed by atoms with Crippen molar-refractivity contribution in [3.05, 3.63) is 134 Å². The van der Waals surface area contributed by atoms with Crippen molar-refractivity contribution in [1.82, 2.24) is 0 Å². The van der Waals surface area contributed by atoms with Gasteiger partial charge in [0.1, 0.15) is 13.2 Å². The van der Waals surface area contributed by atoms with Crippen molar-refractivity contribution in [3.8, 4) is 0 Å². The van der Waals surface area contributed by atoms with Crippen LogP contribution in [0.15, 0.2) is 134 Å². The first-order chi connectivity index (χ1) is 41.0. The molecule has 0 rings (SSSR count). The van der Waals surface area contributed by atoms with E-state index in [2.05, 4.69) is 154 Å². The number of rotatable bonds is 62. The Morgan fingerprint density at radius 2 is 0.470 bits per heavy atom. The molecule has 0 bridgehead atoms. The van der Waals surface area contributed by atoms with E-state index in [4.69, 9.17) is 14.2 Å². The maximum atomic E-state index is 12.9. The molecule has 0 radical (unpaired) electrons. The van der Waals surface area contributed by atoms with Crippen molar-refractivity contribution in [1.29, 1.82) is 0 Å². The second kappa shape index (κ2) is 70.0. The molecule has 83 heavy (non-hydrogen) atoms. The van der Waals surface area contributed by atoms with E-state index >= 15 is 0 Å². The number of unbranched alkanes of at least 4 members (excludes halogenated alkanes) is 29. The second-order valence-electron chi connectivity index (χ2n) is 22.7. The molecule has 0 aromatic rings. The van der Waals surface area contributed by atoms with Crippen LogP contribution >= 0.6 is 0 Å². The van der Waals surface area contributed by atoms with Gasteiger partial charge in [-0.1, -0.05) is 309 Å². The van der Waals surface area contributed by atoms with Crippen molar-refractivity contribution in [2.24, 2.45) is 0 Å². The molecule has 0 fully saturated rings. The lowest BCUT2D eigenvalue weighted by molar-refractivity contribution is -0.167. The quantitative estimate of drug-likeness (QED) is 0.0261. The Labute approximate surface area is 513 Å². The summed E-state index contributed by atoms with van der Waals surface area (Å²) in [6.45, 7) is 6.50. The van der Waals surface area contributed by atoms with E-state index in [9.17, 15) is 14.4 Å². The minimum atomic E-state index is -0.792. The highest BCUT2D eigenvalue weighted by Gasteiger charge is 2.19. The molecule has 0 saturated heterocycles. The lowest BCUT2D eigenvalue weighted by Crippen LogP contribution is -2.30. The van der Waals surface area contributed by atoms with Crippen LogP contribution in [0.3, 0.4) is 0 Å². The van der Waals surface area contributed by atoms with Gasteiger partial charge in [0.05, 0.1) is 0 Å². The fourth-order valence-corrected chi connectivity index (χ4v) is 9.47. The Balaban J connectivity index is 4.31. The number of carbonyl (C=O) groups excluding carboxylic acids is 3.